The van der Waals surface area contributed by atoms with Gasteiger partial charge in [-0.1, -0.05) is 60.7 Å². The van der Waals surface area contributed by atoms with Crippen LogP contribution in [0.5, 0.6) is 0 Å². The van der Waals surface area contributed by atoms with Crippen LogP contribution < -0.4 is 0 Å². The molecule has 102 valence electrons. The molecule has 0 amide bonds. The van der Waals surface area contributed by atoms with Crippen LogP contribution in [0.25, 0.3) is 11.1 Å². The van der Waals surface area contributed by atoms with E-state index in [1.165, 1.54) is 5.56 Å². The summed E-state index contributed by atoms with van der Waals surface area (Å²) in [7, 11) is 0. The molecule has 2 heteroatoms. The van der Waals surface area contributed by atoms with Crippen LogP contribution >= 0.6 is 0 Å². The van der Waals surface area contributed by atoms with Gasteiger partial charge in [0.15, 0.2) is 0 Å². The van der Waals surface area contributed by atoms with Crippen LogP contribution in [-0.4, -0.2) is 5.97 Å². The van der Waals surface area contributed by atoms with Gasteiger partial charge in [-0.3, -0.25) is 4.79 Å². The summed E-state index contributed by atoms with van der Waals surface area (Å²) in [5, 5.41) is 0. The molecular formula is C18H18O2. The molecule has 2 rings (SSSR count). The fourth-order valence-corrected chi connectivity index (χ4v) is 2.01. The summed E-state index contributed by atoms with van der Waals surface area (Å²) in [6.07, 6.45) is 1.55. The number of hydrogen-bond acceptors (Lipinski definition) is 2. The SMILES string of the molecule is C=CCC(=O)OC(C)c1ccc(-c2ccccc2)cc1. The molecule has 0 N–H and O–H groups in total. The van der Waals surface area contributed by atoms with E-state index < -0.39 is 0 Å². The molecule has 0 saturated carbocycles. The standard InChI is InChI=1S/C18H18O2/c1-3-7-18(19)20-14(2)15-10-12-17(13-11-15)16-8-5-4-6-9-16/h3-6,8-14H,1,7H2,2H3. The lowest BCUT2D eigenvalue weighted by atomic mass is 10.0. The fourth-order valence-electron chi connectivity index (χ4n) is 2.01. The summed E-state index contributed by atoms with van der Waals surface area (Å²) in [5.41, 5.74) is 3.32. The van der Waals surface area contributed by atoms with Crippen molar-refractivity contribution in [3.8, 4) is 11.1 Å². The van der Waals surface area contributed by atoms with Gasteiger partial charge in [0.25, 0.3) is 0 Å². The molecule has 0 radical (unpaired) electrons. The van der Waals surface area contributed by atoms with Crippen LogP contribution in [0.4, 0.5) is 0 Å². The predicted octanol–water partition coefficient (Wildman–Crippen LogP) is 4.53. The van der Waals surface area contributed by atoms with E-state index in [2.05, 4.69) is 18.7 Å². The van der Waals surface area contributed by atoms with E-state index in [-0.39, 0.29) is 18.5 Å². The molecule has 0 aliphatic rings. The normalized spacial score (nSPS) is 11.7. The highest BCUT2D eigenvalue weighted by atomic mass is 16.5. The van der Waals surface area contributed by atoms with Gasteiger partial charge in [-0.05, 0) is 23.6 Å². The van der Waals surface area contributed by atoms with Crippen molar-refractivity contribution in [3.63, 3.8) is 0 Å². The molecule has 2 aromatic rings. The van der Waals surface area contributed by atoms with Crippen molar-refractivity contribution in [2.24, 2.45) is 0 Å². The van der Waals surface area contributed by atoms with Crippen molar-refractivity contribution >= 4 is 5.97 Å². The Morgan fingerprint density at radius 3 is 2.30 bits per heavy atom. The van der Waals surface area contributed by atoms with E-state index in [9.17, 15) is 4.79 Å². The number of benzene rings is 2. The van der Waals surface area contributed by atoms with Gasteiger partial charge in [0.2, 0.25) is 0 Å². The Morgan fingerprint density at radius 1 is 1.10 bits per heavy atom. The molecular weight excluding hydrogens is 248 g/mol. The van der Waals surface area contributed by atoms with Crippen molar-refractivity contribution in [1.82, 2.24) is 0 Å². The van der Waals surface area contributed by atoms with Crippen LogP contribution in [-0.2, 0) is 9.53 Å². The Balaban J connectivity index is 2.08. The molecule has 0 heterocycles. The van der Waals surface area contributed by atoms with E-state index in [1.54, 1.807) is 6.08 Å². The van der Waals surface area contributed by atoms with Gasteiger partial charge in [0.05, 0.1) is 6.42 Å². The molecule has 0 fully saturated rings. The lowest BCUT2D eigenvalue weighted by Gasteiger charge is -2.13. The highest BCUT2D eigenvalue weighted by Crippen LogP contribution is 2.23. The smallest absolute Gasteiger partial charge is 0.310 e. The minimum atomic E-state index is -0.250. The van der Waals surface area contributed by atoms with Crippen LogP contribution in [0.15, 0.2) is 67.3 Å². The molecule has 1 atom stereocenters. The summed E-state index contributed by atoms with van der Waals surface area (Å²) in [5.74, 6) is -0.250. The predicted molar refractivity (Wildman–Crippen MR) is 81.2 cm³/mol. The van der Waals surface area contributed by atoms with E-state index >= 15 is 0 Å². The number of esters is 1. The second kappa shape index (κ2) is 6.71. The molecule has 0 aliphatic carbocycles. The summed E-state index contributed by atoms with van der Waals surface area (Å²) in [6, 6.07) is 18.3. The van der Waals surface area contributed by atoms with Crippen molar-refractivity contribution in [2.45, 2.75) is 19.4 Å². The molecule has 0 spiro atoms. The lowest BCUT2D eigenvalue weighted by Crippen LogP contribution is -2.07. The first-order valence-corrected chi connectivity index (χ1v) is 6.66. The third kappa shape index (κ3) is 3.58. The summed E-state index contributed by atoms with van der Waals surface area (Å²) >= 11 is 0. The molecule has 1 unspecified atom stereocenters. The van der Waals surface area contributed by atoms with E-state index in [0.29, 0.717) is 0 Å². The molecule has 20 heavy (non-hydrogen) atoms. The first kappa shape index (κ1) is 14.1. The lowest BCUT2D eigenvalue weighted by molar-refractivity contribution is -0.147. The van der Waals surface area contributed by atoms with E-state index in [1.807, 2.05) is 49.4 Å². The van der Waals surface area contributed by atoms with Crippen molar-refractivity contribution < 1.29 is 9.53 Å². The van der Waals surface area contributed by atoms with Crippen LogP contribution in [0.1, 0.15) is 25.0 Å². The van der Waals surface area contributed by atoms with Gasteiger partial charge >= 0.3 is 5.97 Å². The molecule has 0 aromatic heterocycles. The average Bonchev–Trinajstić information content (AvgIpc) is 2.48. The number of ether oxygens (including phenoxy) is 1. The van der Waals surface area contributed by atoms with Gasteiger partial charge in [-0.25, -0.2) is 0 Å². The zero-order chi connectivity index (χ0) is 14.4. The molecule has 0 aliphatic heterocycles. The third-order valence-electron chi connectivity index (χ3n) is 3.11. The Labute approximate surface area is 119 Å². The zero-order valence-corrected chi connectivity index (χ0v) is 11.6. The van der Waals surface area contributed by atoms with Gasteiger partial charge in [0.1, 0.15) is 6.10 Å². The summed E-state index contributed by atoms with van der Waals surface area (Å²) in [4.78, 5) is 11.4. The van der Waals surface area contributed by atoms with E-state index in [0.717, 1.165) is 11.1 Å². The second-order valence-electron chi connectivity index (χ2n) is 4.61. The Morgan fingerprint density at radius 2 is 1.70 bits per heavy atom. The quantitative estimate of drug-likeness (QED) is 0.587. The largest absolute Gasteiger partial charge is 0.458 e. The third-order valence-corrected chi connectivity index (χ3v) is 3.11. The minimum absolute atomic E-state index is 0.242. The first-order chi connectivity index (χ1) is 9.70. The van der Waals surface area contributed by atoms with Gasteiger partial charge in [0, 0.05) is 0 Å². The number of carbonyl (C=O) groups excluding carboxylic acids is 1. The highest BCUT2D eigenvalue weighted by Gasteiger charge is 2.10. The molecule has 0 bridgehead atoms. The number of carbonyl (C=O) groups is 1. The Kier molecular flexibility index (Phi) is 4.72. The zero-order valence-electron chi connectivity index (χ0n) is 11.6. The number of rotatable bonds is 5. The van der Waals surface area contributed by atoms with Crippen LogP contribution in [0.3, 0.4) is 0 Å². The molecule has 0 saturated heterocycles. The van der Waals surface area contributed by atoms with Crippen LogP contribution in [0, 0.1) is 0 Å². The van der Waals surface area contributed by atoms with Gasteiger partial charge < -0.3 is 4.74 Å². The number of hydrogen-bond donors (Lipinski definition) is 0. The van der Waals surface area contributed by atoms with Crippen molar-refractivity contribution in [1.29, 1.82) is 0 Å². The fraction of sp³-hybridized carbons (Fsp3) is 0.167. The summed E-state index contributed by atoms with van der Waals surface area (Å²) < 4.78 is 5.31. The topological polar surface area (TPSA) is 26.3 Å². The Bertz CT molecular complexity index is 570. The minimum Gasteiger partial charge on any atom is -0.458 e. The Hall–Kier alpha value is -2.35. The van der Waals surface area contributed by atoms with Gasteiger partial charge in [-0.2, -0.15) is 0 Å². The van der Waals surface area contributed by atoms with Crippen molar-refractivity contribution in [2.75, 3.05) is 0 Å². The maximum absolute atomic E-state index is 11.4. The van der Waals surface area contributed by atoms with Gasteiger partial charge in [-0.15, -0.1) is 6.58 Å². The first-order valence-electron chi connectivity index (χ1n) is 6.66. The molecule has 2 aromatic carbocycles. The maximum atomic E-state index is 11.4. The second-order valence-corrected chi connectivity index (χ2v) is 4.61. The van der Waals surface area contributed by atoms with E-state index in [4.69, 9.17) is 4.74 Å². The average molecular weight is 266 g/mol. The maximum Gasteiger partial charge on any atom is 0.310 e. The van der Waals surface area contributed by atoms with Crippen molar-refractivity contribution in [3.05, 3.63) is 72.8 Å². The monoisotopic (exact) mass is 266 g/mol. The highest BCUT2D eigenvalue weighted by molar-refractivity contribution is 5.71. The molecule has 2 nitrogen and oxygen atoms in total. The summed E-state index contributed by atoms with van der Waals surface area (Å²) in [6.45, 7) is 5.40. The van der Waals surface area contributed by atoms with Crippen LogP contribution in [0.2, 0.25) is 0 Å².